The SMILES string of the molecule is CCC(C)(C(=O)NC(C)C(=O)NCC(C)C)C(N)=NO. The topological polar surface area (TPSA) is 117 Å². The maximum absolute atomic E-state index is 12.2. The molecule has 2 amide bonds. The van der Waals surface area contributed by atoms with Gasteiger partial charge in [0.15, 0.2) is 5.84 Å². The van der Waals surface area contributed by atoms with Crippen LogP contribution in [0.1, 0.15) is 41.0 Å². The second-order valence-corrected chi connectivity index (χ2v) is 5.51. The fourth-order valence-corrected chi connectivity index (χ4v) is 1.45. The van der Waals surface area contributed by atoms with Crippen LogP contribution >= 0.6 is 0 Å². The summed E-state index contributed by atoms with van der Waals surface area (Å²) in [5.74, 6) is -0.542. The average Bonchev–Trinajstić information content (AvgIpc) is 2.42. The molecule has 0 aliphatic heterocycles. The highest BCUT2D eigenvalue weighted by molar-refractivity contribution is 6.07. The van der Waals surface area contributed by atoms with E-state index >= 15 is 0 Å². The molecule has 0 saturated heterocycles. The number of hydrogen-bond donors (Lipinski definition) is 4. The molecule has 0 aliphatic rings. The van der Waals surface area contributed by atoms with Gasteiger partial charge in [-0.3, -0.25) is 9.59 Å². The Labute approximate surface area is 120 Å². The number of carbonyl (C=O) groups is 2. The Morgan fingerprint density at radius 3 is 2.30 bits per heavy atom. The first-order valence-electron chi connectivity index (χ1n) is 6.75. The van der Waals surface area contributed by atoms with Gasteiger partial charge in [-0.15, -0.1) is 0 Å². The minimum Gasteiger partial charge on any atom is -0.409 e. The number of amidine groups is 1. The van der Waals surface area contributed by atoms with Crippen molar-refractivity contribution >= 4 is 17.6 Å². The van der Waals surface area contributed by atoms with Crippen LogP contribution in [0.2, 0.25) is 0 Å². The van der Waals surface area contributed by atoms with Crippen LogP contribution in [0, 0.1) is 11.3 Å². The van der Waals surface area contributed by atoms with E-state index < -0.39 is 17.4 Å². The lowest BCUT2D eigenvalue weighted by Crippen LogP contribution is -2.53. The van der Waals surface area contributed by atoms with Crippen LogP contribution < -0.4 is 16.4 Å². The summed E-state index contributed by atoms with van der Waals surface area (Å²) in [6.07, 6.45) is 0.356. The molecule has 0 bridgehead atoms. The van der Waals surface area contributed by atoms with Crippen molar-refractivity contribution in [2.45, 2.75) is 47.1 Å². The van der Waals surface area contributed by atoms with Gasteiger partial charge in [-0.25, -0.2) is 0 Å². The van der Waals surface area contributed by atoms with E-state index in [2.05, 4.69) is 15.8 Å². The summed E-state index contributed by atoms with van der Waals surface area (Å²) in [5, 5.41) is 17.0. The third-order valence-corrected chi connectivity index (χ3v) is 3.31. The van der Waals surface area contributed by atoms with Crippen molar-refractivity contribution < 1.29 is 14.8 Å². The first-order chi connectivity index (χ1) is 9.18. The number of nitrogens with zero attached hydrogens (tertiary/aromatic N) is 1. The molecule has 0 aromatic carbocycles. The summed E-state index contributed by atoms with van der Waals surface area (Å²) in [7, 11) is 0. The van der Waals surface area contributed by atoms with E-state index in [0.717, 1.165) is 0 Å². The smallest absolute Gasteiger partial charge is 0.242 e. The highest BCUT2D eigenvalue weighted by atomic mass is 16.4. The predicted octanol–water partition coefficient (Wildman–Crippen LogP) is 0.426. The van der Waals surface area contributed by atoms with Gasteiger partial charge >= 0.3 is 0 Å². The molecule has 20 heavy (non-hydrogen) atoms. The van der Waals surface area contributed by atoms with Gasteiger partial charge < -0.3 is 21.6 Å². The average molecular weight is 286 g/mol. The predicted molar refractivity (Wildman–Crippen MR) is 77.3 cm³/mol. The molecule has 116 valence electrons. The van der Waals surface area contributed by atoms with Crippen molar-refractivity contribution in [1.82, 2.24) is 10.6 Å². The van der Waals surface area contributed by atoms with Gasteiger partial charge in [-0.2, -0.15) is 0 Å². The van der Waals surface area contributed by atoms with E-state index in [0.29, 0.717) is 18.9 Å². The van der Waals surface area contributed by atoms with Crippen LogP contribution in [0.5, 0.6) is 0 Å². The normalized spacial score (nSPS) is 16.4. The molecule has 0 radical (unpaired) electrons. The Morgan fingerprint density at radius 1 is 1.35 bits per heavy atom. The molecule has 0 aromatic heterocycles. The summed E-state index contributed by atoms with van der Waals surface area (Å²) in [4.78, 5) is 24.0. The minimum atomic E-state index is -1.14. The third-order valence-electron chi connectivity index (χ3n) is 3.31. The highest BCUT2D eigenvalue weighted by Crippen LogP contribution is 2.21. The van der Waals surface area contributed by atoms with E-state index in [1.807, 2.05) is 13.8 Å². The van der Waals surface area contributed by atoms with E-state index in [1.165, 1.54) is 0 Å². The number of rotatable bonds is 7. The summed E-state index contributed by atoms with van der Waals surface area (Å²) >= 11 is 0. The van der Waals surface area contributed by atoms with E-state index in [9.17, 15) is 9.59 Å². The molecule has 0 fully saturated rings. The van der Waals surface area contributed by atoms with Crippen LogP contribution in [0.4, 0.5) is 0 Å². The van der Waals surface area contributed by atoms with Crippen LogP contribution in [0.25, 0.3) is 0 Å². The molecule has 0 aromatic rings. The molecular weight excluding hydrogens is 260 g/mol. The molecule has 0 aliphatic carbocycles. The molecule has 0 rings (SSSR count). The van der Waals surface area contributed by atoms with Crippen molar-refractivity contribution in [2.24, 2.45) is 22.2 Å². The number of oxime groups is 1. The lowest BCUT2D eigenvalue weighted by molar-refractivity contribution is -0.132. The molecule has 2 atom stereocenters. The molecule has 0 saturated carbocycles. The van der Waals surface area contributed by atoms with Crippen molar-refractivity contribution in [3.8, 4) is 0 Å². The molecule has 7 nitrogen and oxygen atoms in total. The van der Waals surface area contributed by atoms with Gasteiger partial charge in [0, 0.05) is 6.54 Å². The standard InChI is InChI=1S/C13H26N4O3/c1-6-13(5,11(14)17-20)12(19)16-9(4)10(18)15-7-8(2)3/h8-9,20H,6-7H2,1-5H3,(H2,14,17)(H,15,18)(H,16,19). The van der Waals surface area contributed by atoms with Crippen molar-refractivity contribution in [3.05, 3.63) is 0 Å². The molecule has 5 N–H and O–H groups in total. The number of hydrogen-bond acceptors (Lipinski definition) is 4. The van der Waals surface area contributed by atoms with Crippen molar-refractivity contribution in [2.75, 3.05) is 6.54 Å². The Bertz CT molecular complexity index is 382. The fourth-order valence-electron chi connectivity index (χ4n) is 1.45. The number of amides is 2. The maximum Gasteiger partial charge on any atom is 0.242 e. The summed E-state index contributed by atoms with van der Waals surface area (Å²) in [6.45, 7) is 9.42. The number of carbonyl (C=O) groups excluding carboxylic acids is 2. The first-order valence-corrected chi connectivity index (χ1v) is 6.75. The zero-order chi connectivity index (χ0) is 15.9. The van der Waals surface area contributed by atoms with Gasteiger partial charge in [-0.05, 0) is 26.2 Å². The molecule has 2 unspecified atom stereocenters. The van der Waals surface area contributed by atoms with Crippen LogP contribution in [-0.2, 0) is 9.59 Å². The van der Waals surface area contributed by atoms with Gasteiger partial charge in [0.2, 0.25) is 11.8 Å². The summed E-state index contributed by atoms with van der Waals surface area (Å²) in [5.41, 5.74) is 4.41. The fraction of sp³-hybridized carbons (Fsp3) is 0.769. The summed E-state index contributed by atoms with van der Waals surface area (Å²) in [6, 6.07) is -0.682. The molecular formula is C13H26N4O3. The molecule has 0 spiro atoms. The summed E-state index contributed by atoms with van der Waals surface area (Å²) < 4.78 is 0. The van der Waals surface area contributed by atoms with Gasteiger partial charge in [0.05, 0.1) is 0 Å². The lowest BCUT2D eigenvalue weighted by Gasteiger charge is -2.27. The van der Waals surface area contributed by atoms with Gasteiger partial charge in [0.1, 0.15) is 11.5 Å². The van der Waals surface area contributed by atoms with Crippen molar-refractivity contribution in [1.29, 1.82) is 0 Å². The Balaban J connectivity index is 4.70. The number of nitrogens with two attached hydrogens (primary N) is 1. The zero-order valence-corrected chi connectivity index (χ0v) is 12.9. The Kier molecular flexibility index (Phi) is 7.02. The third kappa shape index (κ3) is 4.71. The van der Waals surface area contributed by atoms with Crippen LogP contribution in [0.3, 0.4) is 0 Å². The molecule has 7 heteroatoms. The van der Waals surface area contributed by atoms with Gasteiger partial charge in [0.25, 0.3) is 0 Å². The van der Waals surface area contributed by atoms with Gasteiger partial charge in [-0.1, -0.05) is 25.9 Å². The second-order valence-electron chi connectivity index (χ2n) is 5.51. The quantitative estimate of drug-likeness (QED) is 0.235. The van der Waals surface area contributed by atoms with E-state index in [-0.39, 0.29) is 11.7 Å². The number of nitrogens with one attached hydrogen (secondary N) is 2. The minimum absolute atomic E-state index is 0.174. The van der Waals surface area contributed by atoms with E-state index in [4.69, 9.17) is 10.9 Å². The Hall–Kier alpha value is -1.79. The van der Waals surface area contributed by atoms with E-state index in [1.54, 1.807) is 20.8 Å². The monoisotopic (exact) mass is 286 g/mol. The van der Waals surface area contributed by atoms with Crippen LogP contribution in [0.15, 0.2) is 5.16 Å². The maximum atomic E-state index is 12.2. The van der Waals surface area contributed by atoms with Crippen molar-refractivity contribution in [3.63, 3.8) is 0 Å². The zero-order valence-electron chi connectivity index (χ0n) is 12.9. The largest absolute Gasteiger partial charge is 0.409 e. The lowest BCUT2D eigenvalue weighted by atomic mass is 9.85. The first kappa shape index (κ1) is 18.2. The second kappa shape index (κ2) is 7.72. The molecule has 0 heterocycles. The van der Waals surface area contributed by atoms with Crippen LogP contribution in [-0.4, -0.2) is 35.4 Å². The Morgan fingerprint density at radius 2 is 1.90 bits per heavy atom. The highest BCUT2D eigenvalue weighted by Gasteiger charge is 2.37.